The molecule has 0 bridgehead atoms. The van der Waals surface area contributed by atoms with E-state index in [0.29, 0.717) is 31.4 Å². The number of guanidine groups is 1. The highest BCUT2D eigenvalue weighted by atomic mass is 32.2. The van der Waals surface area contributed by atoms with Crippen molar-refractivity contribution in [2.24, 2.45) is 5.73 Å². The molecule has 3 saturated heterocycles. The van der Waals surface area contributed by atoms with E-state index in [2.05, 4.69) is 10.1 Å². The van der Waals surface area contributed by atoms with E-state index in [0.717, 1.165) is 26.4 Å². The molecule has 0 aromatic heterocycles. The molecule has 3 heterocycles. The molecule has 4 atom stereocenters. The first-order chi connectivity index (χ1) is 19.5. The zero-order valence-electron chi connectivity index (χ0n) is 23.2. The van der Waals surface area contributed by atoms with Crippen molar-refractivity contribution >= 4 is 39.5 Å². The van der Waals surface area contributed by atoms with Crippen molar-refractivity contribution < 1.29 is 32.3 Å². The Labute approximate surface area is 239 Å². The van der Waals surface area contributed by atoms with Crippen LogP contribution < -0.4 is 11.1 Å². The molecule has 41 heavy (non-hydrogen) atoms. The van der Waals surface area contributed by atoms with E-state index in [1.165, 1.54) is 9.21 Å². The molecule has 0 saturated carbocycles. The molecule has 3 fully saturated rings. The SMILES string of the molecule is COC(=O)C(=O)C(CC[C@@H]1CCCCN1C(=N)N)NC(=O)[C@@H]1CC[C@H]2CN(S(=O)(=O)Cc3ccccc3)CC(=O)N21. The molecule has 2 amide bonds. The first-order valence-corrected chi connectivity index (χ1v) is 15.5. The van der Waals surface area contributed by atoms with Crippen LogP contribution >= 0.6 is 0 Å². The zero-order valence-corrected chi connectivity index (χ0v) is 24.0. The summed E-state index contributed by atoms with van der Waals surface area (Å²) in [6.45, 7) is 0.334. The number of hydrogen-bond acceptors (Lipinski definition) is 8. The fourth-order valence-electron chi connectivity index (χ4n) is 6.07. The predicted molar refractivity (Wildman–Crippen MR) is 149 cm³/mol. The van der Waals surface area contributed by atoms with Gasteiger partial charge in [0.1, 0.15) is 6.04 Å². The Hall–Kier alpha value is -3.52. The summed E-state index contributed by atoms with van der Waals surface area (Å²) in [5.41, 5.74) is 6.34. The average molecular weight is 591 g/mol. The first kappa shape index (κ1) is 30.4. The van der Waals surface area contributed by atoms with Crippen LogP contribution in [0.5, 0.6) is 0 Å². The number of ketones is 1. The fraction of sp³-hybridized carbons (Fsp3) is 0.593. The number of hydrogen-bond donors (Lipinski definition) is 3. The highest BCUT2D eigenvalue weighted by molar-refractivity contribution is 7.88. The van der Waals surface area contributed by atoms with Crippen molar-refractivity contribution in [1.82, 2.24) is 19.4 Å². The molecule has 1 aromatic rings. The van der Waals surface area contributed by atoms with E-state index in [9.17, 15) is 27.6 Å². The maximum absolute atomic E-state index is 13.4. The van der Waals surface area contributed by atoms with Gasteiger partial charge in [-0.2, -0.15) is 4.31 Å². The minimum atomic E-state index is -3.76. The molecule has 1 unspecified atom stereocenters. The topological polar surface area (TPSA) is 183 Å². The molecule has 4 rings (SSSR count). The van der Waals surface area contributed by atoms with Gasteiger partial charge in [-0.1, -0.05) is 30.3 Å². The minimum Gasteiger partial charge on any atom is -0.463 e. The third kappa shape index (κ3) is 7.04. The monoisotopic (exact) mass is 590 g/mol. The summed E-state index contributed by atoms with van der Waals surface area (Å²) in [5.74, 6) is -3.32. The summed E-state index contributed by atoms with van der Waals surface area (Å²) in [7, 11) is -2.67. The Kier molecular flexibility index (Phi) is 9.64. The first-order valence-electron chi connectivity index (χ1n) is 13.9. The lowest BCUT2D eigenvalue weighted by Gasteiger charge is -2.39. The summed E-state index contributed by atoms with van der Waals surface area (Å²) in [5, 5.41) is 10.5. The molecular formula is C27H38N6O7S. The Bertz CT molecular complexity index is 1270. The number of nitrogens with one attached hydrogen (secondary N) is 2. The van der Waals surface area contributed by atoms with Crippen molar-refractivity contribution in [1.29, 1.82) is 5.41 Å². The summed E-state index contributed by atoms with van der Waals surface area (Å²) >= 11 is 0. The van der Waals surface area contributed by atoms with Crippen LogP contribution in [-0.4, -0.2) is 103 Å². The number of esters is 1. The van der Waals surface area contributed by atoms with Gasteiger partial charge in [-0.3, -0.25) is 19.8 Å². The second kappa shape index (κ2) is 13.0. The smallest absolute Gasteiger partial charge is 0.376 e. The van der Waals surface area contributed by atoms with Crippen molar-refractivity contribution in [2.45, 2.75) is 74.9 Å². The summed E-state index contributed by atoms with van der Waals surface area (Å²) in [6, 6.07) is 6.08. The quantitative estimate of drug-likeness (QED) is 0.145. The number of Topliss-reactive ketones (excluding diaryl/α,β-unsaturated/α-hetero) is 1. The van der Waals surface area contributed by atoms with Crippen LogP contribution in [0.4, 0.5) is 0 Å². The number of carbonyl (C=O) groups excluding carboxylic acids is 4. The maximum Gasteiger partial charge on any atom is 0.376 e. The maximum atomic E-state index is 13.4. The number of likely N-dealkylation sites (tertiary alicyclic amines) is 1. The number of methoxy groups -OCH3 is 1. The van der Waals surface area contributed by atoms with E-state index in [-0.39, 0.29) is 37.3 Å². The molecule has 3 aliphatic heterocycles. The summed E-state index contributed by atoms with van der Waals surface area (Å²) < 4.78 is 31.9. The third-order valence-electron chi connectivity index (χ3n) is 8.15. The third-order valence-corrected chi connectivity index (χ3v) is 9.91. The molecule has 0 spiro atoms. The number of piperazine rings is 1. The molecule has 0 radical (unpaired) electrons. The molecular weight excluding hydrogens is 552 g/mol. The van der Waals surface area contributed by atoms with E-state index in [1.54, 1.807) is 35.2 Å². The molecule has 13 nitrogen and oxygen atoms in total. The Morgan fingerprint density at radius 1 is 1.15 bits per heavy atom. The average Bonchev–Trinajstić information content (AvgIpc) is 3.40. The summed E-state index contributed by atoms with van der Waals surface area (Å²) in [4.78, 5) is 54.7. The fourth-order valence-corrected chi connectivity index (χ4v) is 7.58. The van der Waals surface area contributed by atoms with Gasteiger partial charge >= 0.3 is 5.97 Å². The van der Waals surface area contributed by atoms with Crippen LogP contribution in [-0.2, 0) is 39.7 Å². The predicted octanol–water partition coefficient (Wildman–Crippen LogP) is -0.0533. The number of nitrogens with two attached hydrogens (primary N) is 1. The van der Waals surface area contributed by atoms with Crippen LogP contribution in [0.3, 0.4) is 0 Å². The van der Waals surface area contributed by atoms with Gasteiger partial charge in [-0.05, 0) is 50.5 Å². The molecule has 14 heteroatoms. The van der Waals surface area contributed by atoms with E-state index in [1.807, 2.05) is 0 Å². The molecule has 224 valence electrons. The van der Waals surface area contributed by atoms with Crippen LogP contribution in [0.2, 0.25) is 0 Å². The van der Waals surface area contributed by atoms with E-state index < -0.39 is 51.7 Å². The van der Waals surface area contributed by atoms with E-state index >= 15 is 0 Å². The lowest BCUT2D eigenvalue weighted by Crippen LogP contribution is -2.60. The number of nitrogens with zero attached hydrogens (tertiary/aromatic N) is 3. The van der Waals surface area contributed by atoms with Gasteiger partial charge in [0.05, 0.1) is 25.4 Å². The van der Waals surface area contributed by atoms with Crippen molar-refractivity contribution in [3.05, 3.63) is 35.9 Å². The Morgan fingerprint density at radius 2 is 1.88 bits per heavy atom. The molecule has 1 aromatic carbocycles. The number of piperidine rings is 1. The van der Waals surface area contributed by atoms with Crippen LogP contribution in [0.25, 0.3) is 0 Å². The molecule has 4 N–H and O–H groups in total. The number of benzene rings is 1. The standard InChI is InChI=1S/C27H38N6O7S/c1-40-26(37)24(35)21(12-10-19-9-5-6-14-32(19)27(28)29)30-25(36)22-13-11-20-15-31(16-23(34)33(20)22)41(38,39)17-18-7-3-2-4-8-18/h2-4,7-8,19-22H,5-6,9-17H2,1H3,(H3,28,29)(H,30,36)/t19-,20-,21?,22-/m0/s1. The number of sulfonamides is 1. The normalized spacial score (nSPS) is 23.9. The highest BCUT2D eigenvalue weighted by Crippen LogP contribution is 2.30. The zero-order chi connectivity index (χ0) is 29.7. The lowest BCUT2D eigenvalue weighted by molar-refractivity contribution is -0.153. The van der Waals surface area contributed by atoms with Crippen molar-refractivity contribution in [2.75, 3.05) is 26.7 Å². The number of rotatable bonds is 10. The van der Waals surface area contributed by atoms with Crippen LogP contribution in [0.1, 0.15) is 50.5 Å². The van der Waals surface area contributed by atoms with Gasteiger partial charge in [0.25, 0.3) is 5.78 Å². The highest BCUT2D eigenvalue weighted by Gasteiger charge is 2.47. The van der Waals surface area contributed by atoms with Crippen LogP contribution in [0.15, 0.2) is 30.3 Å². The summed E-state index contributed by atoms with van der Waals surface area (Å²) in [6.07, 6.45) is 3.87. The number of amides is 2. The van der Waals surface area contributed by atoms with Gasteiger partial charge in [0, 0.05) is 25.2 Å². The van der Waals surface area contributed by atoms with Gasteiger partial charge < -0.3 is 25.6 Å². The number of ether oxygens (including phenoxy) is 1. The number of fused-ring (bicyclic) bond motifs is 1. The van der Waals surface area contributed by atoms with E-state index in [4.69, 9.17) is 11.1 Å². The van der Waals surface area contributed by atoms with Crippen molar-refractivity contribution in [3.63, 3.8) is 0 Å². The molecule has 0 aliphatic carbocycles. The minimum absolute atomic E-state index is 0.0602. The largest absolute Gasteiger partial charge is 0.463 e. The van der Waals surface area contributed by atoms with Crippen molar-refractivity contribution in [3.8, 4) is 0 Å². The second-order valence-corrected chi connectivity index (χ2v) is 12.8. The Balaban J connectivity index is 1.42. The second-order valence-electron chi connectivity index (χ2n) is 10.8. The van der Waals surface area contributed by atoms with Gasteiger partial charge in [-0.15, -0.1) is 0 Å². The van der Waals surface area contributed by atoms with Gasteiger partial charge in [-0.25, -0.2) is 13.2 Å². The Morgan fingerprint density at radius 3 is 2.56 bits per heavy atom. The lowest BCUT2D eigenvalue weighted by atomic mass is 9.94. The number of carbonyl (C=O) groups is 4. The van der Waals surface area contributed by atoms with Gasteiger partial charge in [0.15, 0.2) is 5.96 Å². The van der Waals surface area contributed by atoms with Crippen LogP contribution in [0, 0.1) is 5.41 Å². The van der Waals surface area contributed by atoms with Gasteiger partial charge in [0.2, 0.25) is 21.8 Å². The molecule has 3 aliphatic rings.